The van der Waals surface area contributed by atoms with E-state index in [0.717, 1.165) is 27.7 Å². The Morgan fingerprint density at radius 1 is 1.08 bits per heavy atom. The molecule has 0 aliphatic carbocycles. The van der Waals surface area contributed by atoms with Gasteiger partial charge in [0.2, 0.25) is 0 Å². The largest absolute Gasteiger partial charge is 0.352 e. The molecule has 1 N–H and O–H groups in total. The molecule has 0 saturated carbocycles. The summed E-state index contributed by atoms with van der Waals surface area (Å²) < 4.78 is 0. The Balaban J connectivity index is 2.13. The summed E-state index contributed by atoms with van der Waals surface area (Å²) >= 11 is 0. The predicted octanol–water partition coefficient (Wildman–Crippen LogP) is 4.60. The highest BCUT2D eigenvalue weighted by atomic mass is 16.1. The van der Waals surface area contributed by atoms with Crippen molar-refractivity contribution in [2.24, 2.45) is 5.92 Å². The lowest BCUT2D eigenvalue weighted by Crippen LogP contribution is -2.27. The minimum absolute atomic E-state index is 0.0443. The van der Waals surface area contributed by atoms with Gasteiger partial charge in [0.1, 0.15) is 0 Å². The Kier molecular flexibility index (Phi) is 4.61. The van der Waals surface area contributed by atoms with Gasteiger partial charge in [-0.3, -0.25) is 4.79 Å². The van der Waals surface area contributed by atoms with Gasteiger partial charge in [-0.15, -0.1) is 0 Å². The fourth-order valence-electron chi connectivity index (χ4n) is 2.75. The standard InChI is InChI=1S/C21H22N2O/c1-14(2)13-22-21(24)18-12-20(16-9-5-4-8-15(16)3)23-19-11-7-6-10-17(18)19/h4-12,14H,13H2,1-3H3,(H,22,24). The average Bonchev–Trinajstić information content (AvgIpc) is 2.59. The zero-order valence-corrected chi connectivity index (χ0v) is 14.3. The number of carbonyl (C=O) groups excluding carboxylic acids is 1. The third-order valence-electron chi connectivity index (χ3n) is 4.05. The van der Waals surface area contributed by atoms with Crippen LogP contribution in [0, 0.1) is 12.8 Å². The van der Waals surface area contributed by atoms with Crippen molar-refractivity contribution in [2.75, 3.05) is 6.54 Å². The number of nitrogens with one attached hydrogen (secondary N) is 1. The molecule has 24 heavy (non-hydrogen) atoms. The predicted molar refractivity (Wildman–Crippen MR) is 99.1 cm³/mol. The monoisotopic (exact) mass is 318 g/mol. The first-order valence-electron chi connectivity index (χ1n) is 8.30. The maximum Gasteiger partial charge on any atom is 0.252 e. The maximum atomic E-state index is 12.7. The van der Waals surface area contributed by atoms with Crippen LogP contribution in [0.15, 0.2) is 54.6 Å². The average molecular weight is 318 g/mol. The second-order valence-corrected chi connectivity index (χ2v) is 6.49. The molecule has 0 spiro atoms. The van der Waals surface area contributed by atoms with Gasteiger partial charge in [0, 0.05) is 17.5 Å². The van der Waals surface area contributed by atoms with E-state index in [1.165, 1.54) is 0 Å². The molecule has 1 amide bonds. The van der Waals surface area contributed by atoms with E-state index in [-0.39, 0.29) is 5.91 Å². The van der Waals surface area contributed by atoms with Crippen LogP contribution in [0.1, 0.15) is 29.8 Å². The van der Waals surface area contributed by atoms with Crippen molar-refractivity contribution in [2.45, 2.75) is 20.8 Å². The molecule has 3 heteroatoms. The lowest BCUT2D eigenvalue weighted by molar-refractivity contribution is 0.0950. The fraction of sp³-hybridized carbons (Fsp3) is 0.238. The van der Waals surface area contributed by atoms with Crippen LogP contribution in [0.5, 0.6) is 0 Å². The molecule has 0 bridgehead atoms. The van der Waals surface area contributed by atoms with Crippen LogP contribution in [0.2, 0.25) is 0 Å². The summed E-state index contributed by atoms with van der Waals surface area (Å²) in [5.41, 5.74) is 4.56. The van der Waals surface area contributed by atoms with Crippen molar-refractivity contribution in [3.63, 3.8) is 0 Å². The first-order chi connectivity index (χ1) is 11.6. The number of amides is 1. The molecular weight excluding hydrogens is 296 g/mol. The maximum absolute atomic E-state index is 12.7. The van der Waals surface area contributed by atoms with Crippen LogP contribution < -0.4 is 5.32 Å². The molecule has 2 aromatic carbocycles. The highest BCUT2D eigenvalue weighted by molar-refractivity contribution is 6.07. The van der Waals surface area contributed by atoms with Gasteiger partial charge in [-0.1, -0.05) is 56.3 Å². The first-order valence-corrected chi connectivity index (χ1v) is 8.30. The van der Waals surface area contributed by atoms with E-state index in [1.54, 1.807) is 0 Å². The van der Waals surface area contributed by atoms with Crippen LogP contribution in [-0.4, -0.2) is 17.4 Å². The van der Waals surface area contributed by atoms with Crippen LogP contribution in [0.25, 0.3) is 22.2 Å². The molecule has 3 rings (SSSR count). The molecule has 0 radical (unpaired) electrons. The second-order valence-electron chi connectivity index (χ2n) is 6.49. The van der Waals surface area contributed by atoms with Crippen molar-refractivity contribution in [3.05, 3.63) is 65.7 Å². The number of aryl methyl sites for hydroxylation is 1. The van der Waals surface area contributed by atoms with Gasteiger partial charge in [0.05, 0.1) is 16.8 Å². The van der Waals surface area contributed by atoms with Gasteiger partial charge in [-0.2, -0.15) is 0 Å². The lowest BCUT2D eigenvalue weighted by Gasteiger charge is -2.12. The quantitative estimate of drug-likeness (QED) is 0.764. The Bertz CT molecular complexity index is 884. The fourth-order valence-corrected chi connectivity index (χ4v) is 2.75. The van der Waals surface area contributed by atoms with Gasteiger partial charge in [0.25, 0.3) is 5.91 Å². The van der Waals surface area contributed by atoms with E-state index in [4.69, 9.17) is 4.98 Å². The molecule has 122 valence electrons. The number of carbonyl (C=O) groups is 1. The number of fused-ring (bicyclic) bond motifs is 1. The van der Waals surface area contributed by atoms with Crippen LogP contribution in [0.3, 0.4) is 0 Å². The molecule has 3 aromatic rings. The van der Waals surface area contributed by atoms with E-state index < -0.39 is 0 Å². The molecule has 0 aliphatic heterocycles. The van der Waals surface area contributed by atoms with E-state index >= 15 is 0 Å². The first kappa shape index (κ1) is 16.2. The number of rotatable bonds is 4. The number of pyridine rings is 1. The van der Waals surface area contributed by atoms with Crippen LogP contribution in [0.4, 0.5) is 0 Å². The summed E-state index contributed by atoms with van der Waals surface area (Å²) in [6, 6.07) is 17.8. The van der Waals surface area contributed by atoms with Crippen LogP contribution in [-0.2, 0) is 0 Å². The van der Waals surface area contributed by atoms with E-state index in [2.05, 4.69) is 32.2 Å². The summed E-state index contributed by atoms with van der Waals surface area (Å²) in [4.78, 5) is 17.5. The normalized spacial score (nSPS) is 11.0. The number of benzene rings is 2. The van der Waals surface area contributed by atoms with Gasteiger partial charge in [-0.05, 0) is 30.5 Å². The van der Waals surface area contributed by atoms with E-state index in [9.17, 15) is 4.79 Å². The Morgan fingerprint density at radius 3 is 2.54 bits per heavy atom. The summed E-state index contributed by atoms with van der Waals surface area (Å²) in [5.74, 6) is 0.370. The minimum atomic E-state index is -0.0443. The number of para-hydroxylation sites is 1. The zero-order chi connectivity index (χ0) is 17.1. The van der Waals surface area contributed by atoms with Gasteiger partial charge in [0.15, 0.2) is 0 Å². The number of nitrogens with zero attached hydrogens (tertiary/aromatic N) is 1. The smallest absolute Gasteiger partial charge is 0.252 e. The third kappa shape index (κ3) is 3.30. The van der Waals surface area contributed by atoms with E-state index in [0.29, 0.717) is 18.0 Å². The summed E-state index contributed by atoms with van der Waals surface area (Å²) in [6.07, 6.45) is 0. The topological polar surface area (TPSA) is 42.0 Å². The minimum Gasteiger partial charge on any atom is -0.352 e. The second kappa shape index (κ2) is 6.83. The van der Waals surface area contributed by atoms with E-state index in [1.807, 2.05) is 48.5 Å². The van der Waals surface area contributed by atoms with Crippen molar-refractivity contribution >= 4 is 16.8 Å². The zero-order valence-electron chi connectivity index (χ0n) is 14.3. The Hall–Kier alpha value is -2.68. The number of hydrogen-bond donors (Lipinski definition) is 1. The lowest BCUT2D eigenvalue weighted by atomic mass is 10.0. The van der Waals surface area contributed by atoms with Gasteiger partial charge < -0.3 is 5.32 Å². The number of aromatic nitrogens is 1. The molecule has 0 aliphatic rings. The molecule has 0 unspecified atom stereocenters. The van der Waals surface area contributed by atoms with Crippen molar-refractivity contribution in [3.8, 4) is 11.3 Å². The molecule has 1 aromatic heterocycles. The van der Waals surface area contributed by atoms with Crippen molar-refractivity contribution in [1.29, 1.82) is 0 Å². The van der Waals surface area contributed by atoms with Crippen LogP contribution >= 0.6 is 0 Å². The molecule has 1 heterocycles. The summed E-state index contributed by atoms with van der Waals surface area (Å²) in [6.45, 7) is 6.90. The summed E-state index contributed by atoms with van der Waals surface area (Å²) in [7, 11) is 0. The SMILES string of the molecule is Cc1ccccc1-c1cc(C(=O)NCC(C)C)c2ccccc2n1. The van der Waals surface area contributed by atoms with Gasteiger partial charge in [-0.25, -0.2) is 4.98 Å². The summed E-state index contributed by atoms with van der Waals surface area (Å²) in [5, 5.41) is 3.90. The third-order valence-corrected chi connectivity index (χ3v) is 4.05. The molecule has 0 atom stereocenters. The Labute approximate surface area is 142 Å². The number of hydrogen-bond acceptors (Lipinski definition) is 2. The highest BCUT2D eigenvalue weighted by Gasteiger charge is 2.14. The van der Waals surface area contributed by atoms with Crippen molar-refractivity contribution in [1.82, 2.24) is 10.3 Å². The molecule has 3 nitrogen and oxygen atoms in total. The molecular formula is C21H22N2O. The van der Waals surface area contributed by atoms with Gasteiger partial charge >= 0.3 is 0 Å². The van der Waals surface area contributed by atoms with Crippen molar-refractivity contribution < 1.29 is 4.79 Å². The Morgan fingerprint density at radius 2 is 1.79 bits per heavy atom. The highest BCUT2D eigenvalue weighted by Crippen LogP contribution is 2.26. The molecule has 0 fully saturated rings. The molecule has 0 saturated heterocycles.